The lowest BCUT2D eigenvalue weighted by Gasteiger charge is -2.06. The molecule has 1 aromatic heterocycles. The lowest BCUT2D eigenvalue weighted by atomic mass is 10.1. The van der Waals surface area contributed by atoms with Gasteiger partial charge >= 0.3 is 0 Å². The molecule has 5 nitrogen and oxygen atoms in total. The summed E-state index contributed by atoms with van der Waals surface area (Å²) in [5.41, 5.74) is 6.77. The van der Waals surface area contributed by atoms with Gasteiger partial charge in [-0.05, 0) is 36.4 Å². The van der Waals surface area contributed by atoms with E-state index in [1.54, 1.807) is 6.20 Å². The molecule has 1 heterocycles. The first kappa shape index (κ1) is 13.8. The zero-order valence-corrected chi connectivity index (χ0v) is 11.6. The standard InChI is InChI=1S/C17H13N3O2/c18-17(21)16-11-19-10-15(20-16)12-6-8-14(9-7-12)22-13-4-2-1-3-5-13/h1-11H,(H2,18,21). The first-order chi connectivity index (χ1) is 10.7. The first-order valence-electron chi connectivity index (χ1n) is 6.67. The van der Waals surface area contributed by atoms with Crippen molar-refractivity contribution in [1.82, 2.24) is 9.97 Å². The van der Waals surface area contributed by atoms with Crippen LogP contribution >= 0.6 is 0 Å². The van der Waals surface area contributed by atoms with Gasteiger partial charge in [-0.15, -0.1) is 0 Å². The Hall–Kier alpha value is -3.21. The van der Waals surface area contributed by atoms with Crippen LogP contribution in [0.3, 0.4) is 0 Å². The van der Waals surface area contributed by atoms with Crippen LogP contribution in [-0.2, 0) is 0 Å². The van der Waals surface area contributed by atoms with Crippen LogP contribution in [0.15, 0.2) is 67.0 Å². The van der Waals surface area contributed by atoms with E-state index in [9.17, 15) is 4.79 Å². The number of aromatic nitrogens is 2. The van der Waals surface area contributed by atoms with E-state index >= 15 is 0 Å². The maximum atomic E-state index is 11.1. The summed E-state index contributed by atoms with van der Waals surface area (Å²) in [6.45, 7) is 0. The average Bonchev–Trinajstić information content (AvgIpc) is 2.56. The minimum Gasteiger partial charge on any atom is -0.457 e. The van der Waals surface area contributed by atoms with E-state index in [0.29, 0.717) is 11.4 Å². The quantitative estimate of drug-likeness (QED) is 0.801. The SMILES string of the molecule is NC(=O)c1cncc(-c2ccc(Oc3ccccc3)cc2)n1. The Bertz CT molecular complexity index is 787. The van der Waals surface area contributed by atoms with Gasteiger partial charge in [-0.1, -0.05) is 18.2 Å². The van der Waals surface area contributed by atoms with Gasteiger partial charge < -0.3 is 10.5 Å². The molecule has 0 saturated carbocycles. The molecule has 0 aliphatic carbocycles. The molecule has 0 bridgehead atoms. The molecular weight excluding hydrogens is 278 g/mol. The number of primary amides is 1. The number of rotatable bonds is 4. The van der Waals surface area contributed by atoms with Gasteiger partial charge in [0.1, 0.15) is 17.2 Å². The van der Waals surface area contributed by atoms with Gasteiger partial charge in [-0.25, -0.2) is 4.98 Å². The fraction of sp³-hybridized carbons (Fsp3) is 0. The molecule has 0 fully saturated rings. The Morgan fingerprint density at radius 3 is 2.27 bits per heavy atom. The normalized spacial score (nSPS) is 10.2. The molecule has 0 saturated heterocycles. The fourth-order valence-corrected chi connectivity index (χ4v) is 1.94. The van der Waals surface area contributed by atoms with Crippen molar-refractivity contribution in [1.29, 1.82) is 0 Å². The second kappa shape index (κ2) is 6.05. The molecule has 108 valence electrons. The monoisotopic (exact) mass is 291 g/mol. The summed E-state index contributed by atoms with van der Waals surface area (Å²) in [6.07, 6.45) is 2.93. The zero-order valence-electron chi connectivity index (χ0n) is 11.6. The van der Waals surface area contributed by atoms with Crippen molar-refractivity contribution in [2.45, 2.75) is 0 Å². The number of amides is 1. The molecule has 1 amide bonds. The van der Waals surface area contributed by atoms with E-state index < -0.39 is 5.91 Å². The lowest BCUT2D eigenvalue weighted by Crippen LogP contribution is -2.13. The fourth-order valence-electron chi connectivity index (χ4n) is 1.94. The minimum atomic E-state index is -0.599. The number of para-hydroxylation sites is 1. The van der Waals surface area contributed by atoms with Gasteiger partial charge in [0.2, 0.25) is 0 Å². The van der Waals surface area contributed by atoms with E-state index in [0.717, 1.165) is 11.3 Å². The molecule has 0 unspecified atom stereocenters. The van der Waals surface area contributed by atoms with Crippen LogP contribution in [0.1, 0.15) is 10.5 Å². The predicted octanol–water partition coefficient (Wildman–Crippen LogP) is 3.03. The highest BCUT2D eigenvalue weighted by Gasteiger charge is 2.06. The summed E-state index contributed by atoms with van der Waals surface area (Å²) < 4.78 is 5.72. The van der Waals surface area contributed by atoms with Crippen LogP contribution in [0.2, 0.25) is 0 Å². The molecule has 2 aromatic carbocycles. The predicted molar refractivity (Wildman–Crippen MR) is 82.5 cm³/mol. The van der Waals surface area contributed by atoms with Crippen molar-refractivity contribution in [3.63, 3.8) is 0 Å². The third kappa shape index (κ3) is 3.09. The van der Waals surface area contributed by atoms with Crippen LogP contribution in [0, 0.1) is 0 Å². The number of nitrogens with two attached hydrogens (primary N) is 1. The Labute approximate surface area is 127 Å². The van der Waals surface area contributed by atoms with Gasteiger partial charge in [0.15, 0.2) is 0 Å². The third-order valence-corrected chi connectivity index (χ3v) is 3.02. The van der Waals surface area contributed by atoms with Crippen molar-refractivity contribution >= 4 is 5.91 Å². The number of benzene rings is 2. The van der Waals surface area contributed by atoms with Gasteiger partial charge in [-0.2, -0.15) is 0 Å². The number of ether oxygens (including phenoxy) is 1. The largest absolute Gasteiger partial charge is 0.457 e. The number of hydrogen-bond donors (Lipinski definition) is 1. The van der Waals surface area contributed by atoms with E-state index in [1.807, 2.05) is 54.6 Å². The molecule has 0 aliphatic heterocycles. The number of carbonyl (C=O) groups excluding carboxylic acids is 1. The number of nitrogens with zero attached hydrogens (tertiary/aromatic N) is 2. The summed E-state index contributed by atoms with van der Waals surface area (Å²) >= 11 is 0. The average molecular weight is 291 g/mol. The molecule has 0 radical (unpaired) electrons. The van der Waals surface area contributed by atoms with Gasteiger partial charge in [-0.3, -0.25) is 9.78 Å². The topological polar surface area (TPSA) is 78.1 Å². The molecular formula is C17H13N3O2. The van der Waals surface area contributed by atoms with Gasteiger partial charge in [0.25, 0.3) is 5.91 Å². The molecule has 0 aliphatic rings. The third-order valence-electron chi connectivity index (χ3n) is 3.02. The molecule has 5 heteroatoms. The van der Waals surface area contributed by atoms with Crippen LogP contribution < -0.4 is 10.5 Å². The number of hydrogen-bond acceptors (Lipinski definition) is 4. The van der Waals surface area contributed by atoms with E-state index in [4.69, 9.17) is 10.5 Å². The molecule has 0 atom stereocenters. The zero-order chi connectivity index (χ0) is 15.4. The Morgan fingerprint density at radius 1 is 0.909 bits per heavy atom. The lowest BCUT2D eigenvalue weighted by molar-refractivity contribution is 0.0995. The van der Waals surface area contributed by atoms with Gasteiger partial charge in [0, 0.05) is 5.56 Å². The van der Waals surface area contributed by atoms with Crippen molar-refractivity contribution in [3.05, 3.63) is 72.7 Å². The summed E-state index contributed by atoms with van der Waals surface area (Å²) in [6, 6.07) is 16.9. The minimum absolute atomic E-state index is 0.141. The Morgan fingerprint density at radius 2 is 1.59 bits per heavy atom. The molecule has 0 spiro atoms. The summed E-state index contributed by atoms with van der Waals surface area (Å²) in [5.74, 6) is 0.887. The molecule has 2 N–H and O–H groups in total. The molecule has 3 rings (SSSR count). The van der Waals surface area contributed by atoms with E-state index in [1.165, 1.54) is 6.20 Å². The Balaban J connectivity index is 1.82. The van der Waals surface area contributed by atoms with Crippen molar-refractivity contribution < 1.29 is 9.53 Å². The Kier molecular flexibility index (Phi) is 3.78. The van der Waals surface area contributed by atoms with E-state index in [-0.39, 0.29) is 5.69 Å². The first-order valence-corrected chi connectivity index (χ1v) is 6.67. The maximum absolute atomic E-state index is 11.1. The maximum Gasteiger partial charge on any atom is 0.268 e. The summed E-state index contributed by atoms with van der Waals surface area (Å²) in [5, 5.41) is 0. The highest BCUT2D eigenvalue weighted by molar-refractivity contribution is 5.90. The second-order valence-corrected chi connectivity index (χ2v) is 4.59. The van der Waals surface area contributed by atoms with Crippen LogP contribution in [0.25, 0.3) is 11.3 Å². The summed E-state index contributed by atoms with van der Waals surface area (Å²) in [4.78, 5) is 19.3. The second-order valence-electron chi connectivity index (χ2n) is 4.59. The van der Waals surface area contributed by atoms with Gasteiger partial charge in [0.05, 0.1) is 18.1 Å². The highest BCUT2D eigenvalue weighted by atomic mass is 16.5. The van der Waals surface area contributed by atoms with Crippen molar-refractivity contribution in [3.8, 4) is 22.8 Å². The van der Waals surface area contributed by atoms with E-state index in [2.05, 4.69) is 9.97 Å². The summed E-state index contributed by atoms with van der Waals surface area (Å²) in [7, 11) is 0. The van der Waals surface area contributed by atoms with Crippen molar-refractivity contribution in [2.24, 2.45) is 5.73 Å². The number of carbonyl (C=O) groups is 1. The molecule has 3 aromatic rings. The van der Waals surface area contributed by atoms with Crippen LogP contribution in [-0.4, -0.2) is 15.9 Å². The van der Waals surface area contributed by atoms with Crippen LogP contribution in [0.5, 0.6) is 11.5 Å². The molecule has 22 heavy (non-hydrogen) atoms. The highest BCUT2D eigenvalue weighted by Crippen LogP contribution is 2.24. The van der Waals surface area contributed by atoms with Crippen LogP contribution in [0.4, 0.5) is 0 Å². The smallest absolute Gasteiger partial charge is 0.268 e. The van der Waals surface area contributed by atoms with Crippen molar-refractivity contribution in [2.75, 3.05) is 0 Å².